The summed E-state index contributed by atoms with van der Waals surface area (Å²) in [5.41, 5.74) is 0. The monoisotopic (exact) mass is 212 g/mol. The summed E-state index contributed by atoms with van der Waals surface area (Å²) in [5.74, 6) is 0.371. The van der Waals surface area contributed by atoms with Crippen molar-refractivity contribution < 1.29 is 4.79 Å². The zero-order valence-corrected chi connectivity index (χ0v) is 10.1. The van der Waals surface area contributed by atoms with Crippen molar-refractivity contribution in [2.24, 2.45) is 5.92 Å². The standard InChI is InChI=1S/C12H24N2O/c1-3-11(2)12(15)13-7-6-10-14-8-4-5-9-14/h11H,3-10H2,1-2H3,(H,13,15)/t11-/m0/s1. The Bertz CT molecular complexity index is 188. The summed E-state index contributed by atoms with van der Waals surface area (Å²) in [6.07, 6.45) is 4.71. The molecule has 0 saturated carbocycles. The van der Waals surface area contributed by atoms with Crippen LogP contribution in [0.5, 0.6) is 0 Å². The largest absolute Gasteiger partial charge is 0.356 e. The smallest absolute Gasteiger partial charge is 0.222 e. The summed E-state index contributed by atoms with van der Waals surface area (Å²) in [6, 6.07) is 0. The van der Waals surface area contributed by atoms with Crippen molar-refractivity contribution in [1.82, 2.24) is 10.2 Å². The third kappa shape index (κ3) is 4.65. The molecule has 0 unspecified atom stereocenters. The zero-order chi connectivity index (χ0) is 11.1. The van der Waals surface area contributed by atoms with Crippen LogP contribution in [0, 0.1) is 5.92 Å². The van der Waals surface area contributed by atoms with E-state index in [2.05, 4.69) is 17.1 Å². The first-order valence-electron chi connectivity index (χ1n) is 6.24. The lowest BCUT2D eigenvalue weighted by molar-refractivity contribution is -0.124. The van der Waals surface area contributed by atoms with E-state index in [9.17, 15) is 4.79 Å². The highest BCUT2D eigenvalue weighted by atomic mass is 16.1. The summed E-state index contributed by atoms with van der Waals surface area (Å²) >= 11 is 0. The van der Waals surface area contributed by atoms with Gasteiger partial charge in [0.15, 0.2) is 0 Å². The Morgan fingerprint density at radius 1 is 1.40 bits per heavy atom. The van der Waals surface area contributed by atoms with Crippen molar-refractivity contribution in [3.8, 4) is 0 Å². The molecule has 15 heavy (non-hydrogen) atoms. The molecular weight excluding hydrogens is 188 g/mol. The third-order valence-electron chi connectivity index (χ3n) is 3.21. The van der Waals surface area contributed by atoms with E-state index in [1.54, 1.807) is 0 Å². The predicted octanol–water partition coefficient (Wildman–Crippen LogP) is 1.63. The minimum Gasteiger partial charge on any atom is -0.356 e. The Morgan fingerprint density at radius 3 is 2.67 bits per heavy atom. The fourth-order valence-corrected chi connectivity index (χ4v) is 1.88. The second-order valence-electron chi connectivity index (χ2n) is 4.50. The molecule has 0 aliphatic carbocycles. The lowest BCUT2D eigenvalue weighted by Crippen LogP contribution is -2.31. The van der Waals surface area contributed by atoms with Gasteiger partial charge >= 0.3 is 0 Å². The van der Waals surface area contributed by atoms with Crippen molar-refractivity contribution in [2.45, 2.75) is 39.5 Å². The van der Waals surface area contributed by atoms with Gasteiger partial charge in [0.25, 0.3) is 0 Å². The maximum absolute atomic E-state index is 11.4. The number of carbonyl (C=O) groups excluding carboxylic acids is 1. The second kappa shape index (κ2) is 6.83. The average Bonchev–Trinajstić information content (AvgIpc) is 2.75. The molecular formula is C12H24N2O. The van der Waals surface area contributed by atoms with E-state index in [0.717, 1.165) is 25.9 Å². The van der Waals surface area contributed by atoms with Crippen molar-refractivity contribution >= 4 is 5.91 Å². The van der Waals surface area contributed by atoms with Crippen LogP contribution in [0.15, 0.2) is 0 Å². The molecule has 1 aliphatic heterocycles. The highest BCUT2D eigenvalue weighted by molar-refractivity contribution is 5.78. The van der Waals surface area contributed by atoms with E-state index < -0.39 is 0 Å². The molecule has 1 N–H and O–H groups in total. The van der Waals surface area contributed by atoms with E-state index in [4.69, 9.17) is 0 Å². The summed E-state index contributed by atoms with van der Waals surface area (Å²) in [6.45, 7) is 8.50. The van der Waals surface area contributed by atoms with Gasteiger partial charge in [-0.05, 0) is 45.3 Å². The number of likely N-dealkylation sites (tertiary alicyclic amines) is 1. The van der Waals surface area contributed by atoms with Gasteiger partial charge in [0.2, 0.25) is 5.91 Å². The minimum atomic E-state index is 0.164. The molecule has 1 fully saturated rings. The molecule has 1 atom stereocenters. The number of hydrogen-bond acceptors (Lipinski definition) is 2. The summed E-state index contributed by atoms with van der Waals surface area (Å²) < 4.78 is 0. The van der Waals surface area contributed by atoms with Gasteiger partial charge in [-0.2, -0.15) is 0 Å². The van der Waals surface area contributed by atoms with Crippen LogP contribution in [0.3, 0.4) is 0 Å². The van der Waals surface area contributed by atoms with Crippen LogP contribution < -0.4 is 5.32 Å². The van der Waals surface area contributed by atoms with Gasteiger partial charge in [-0.25, -0.2) is 0 Å². The number of nitrogens with zero attached hydrogens (tertiary/aromatic N) is 1. The molecule has 3 nitrogen and oxygen atoms in total. The lowest BCUT2D eigenvalue weighted by atomic mass is 10.1. The molecule has 0 bridgehead atoms. The fraction of sp³-hybridized carbons (Fsp3) is 0.917. The number of carbonyl (C=O) groups is 1. The predicted molar refractivity (Wildman–Crippen MR) is 62.8 cm³/mol. The Hall–Kier alpha value is -0.570. The van der Waals surface area contributed by atoms with E-state index >= 15 is 0 Å². The van der Waals surface area contributed by atoms with Gasteiger partial charge < -0.3 is 10.2 Å². The molecule has 0 aromatic carbocycles. The van der Waals surface area contributed by atoms with Gasteiger partial charge in [0, 0.05) is 12.5 Å². The number of hydrogen-bond donors (Lipinski definition) is 1. The first kappa shape index (κ1) is 12.5. The van der Waals surface area contributed by atoms with Gasteiger partial charge in [0.1, 0.15) is 0 Å². The number of amides is 1. The Labute approximate surface area is 93.2 Å². The molecule has 1 amide bonds. The Kier molecular flexibility index (Phi) is 5.69. The molecule has 88 valence electrons. The van der Waals surface area contributed by atoms with Crippen LogP contribution in [0.1, 0.15) is 39.5 Å². The molecule has 1 rings (SSSR count). The molecule has 3 heteroatoms. The van der Waals surface area contributed by atoms with Crippen LogP contribution in [0.2, 0.25) is 0 Å². The van der Waals surface area contributed by atoms with E-state index in [0.29, 0.717) is 0 Å². The van der Waals surface area contributed by atoms with Gasteiger partial charge in [0.05, 0.1) is 0 Å². The van der Waals surface area contributed by atoms with Crippen LogP contribution in [-0.2, 0) is 4.79 Å². The van der Waals surface area contributed by atoms with Crippen molar-refractivity contribution in [3.63, 3.8) is 0 Å². The van der Waals surface area contributed by atoms with Gasteiger partial charge in [-0.3, -0.25) is 4.79 Å². The maximum Gasteiger partial charge on any atom is 0.222 e. The first-order chi connectivity index (χ1) is 7.24. The summed E-state index contributed by atoms with van der Waals surface area (Å²) in [5, 5.41) is 2.99. The third-order valence-corrected chi connectivity index (χ3v) is 3.21. The maximum atomic E-state index is 11.4. The van der Waals surface area contributed by atoms with E-state index in [-0.39, 0.29) is 11.8 Å². The lowest BCUT2D eigenvalue weighted by Gasteiger charge is -2.15. The molecule has 1 aliphatic rings. The first-order valence-corrected chi connectivity index (χ1v) is 6.24. The molecule has 1 saturated heterocycles. The molecule has 0 spiro atoms. The Morgan fingerprint density at radius 2 is 2.07 bits per heavy atom. The SMILES string of the molecule is CC[C@H](C)C(=O)NCCCN1CCCC1. The summed E-state index contributed by atoms with van der Waals surface area (Å²) in [4.78, 5) is 13.9. The fourth-order valence-electron chi connectivity index (χ4n) is 1.88. The second-order valence-corrected chi connectivity index (χ2v) is 4.50. The quantitative estimate of drug-likeness (QED) is 0.679. The van der Waals surface area contributed by atoms with Crippen molar-refractivity contribution in [1.29, 1.82) is 0 Å². The summed E-state index contributed by atoms with van der Waals surface area (Å²) in [7, 11) is 0. The minimum absolute atomic E-state index is 0.164. The van der Waals surface area contributed by atoms with Crippen LogP contribution >= 0.6 is 0 Å². The highest BCUT2D eigenvalue weighted by Crippen LogP contribution is 2.07. The van der Waals surface area contributed by atoms with Crippen LogP contribution in [-0.4, -0.2) is 37.0 Å². The van der Waals surface area contributed by atoms with Crippen molar-refractivity contribution in [2.75, 3.05) is 26.2 Å². The normalized spacial score (nSPS) is 19.1. The average molecular weight is 212 g/mol. The molecule has 0 radical (unpaired) electrons. The van der Waals surface area contributed by atoms with Crippen LogP contribution in [0.4, 0.5) is 0 Å². The van der Waals surface area contributed by atoms with Crippen molar-refractivity contribution in [3.05, 3.63) is 0 Å². The van der Waals surface area contributed by atoms with E-state index in [1.807, 2.05) is 6.92 Å². The van der Waals surface area contributed by atoms with Crippen LogP contribution in [0.25, 0.3) is 0 Å². The zero-order valence-electron chi connectivity index (χ0n) is 10.1. The molecule has 0 aromatic rings. The topological polar surface area (TPSA) is 32.3 Å². The number of rotatable bonds is 6. The highest BCUT2D eigenvalue weighted by Gasteiger charge is 2.11. The number of nitrogens with one attached hydrogen (secondary N) is 1. The van der Waals surface area contributed by atoms with E-state index in [1.165, 1.54) is 25.9 Å². The Balaban J connectivity index is 1.98. The van der Waals surface area contributed by atoms with Gasteiger partial charge in [-0.15, -0.1) is 0 Å². The molecule has 1 heterocycles. The van der Waals surface area contributed by atoms with Gasteiger partial charge in [-0.1, -0.05) is 13.8 Å². The molecule has 0 aromatic heterocycles.